The molecule has 1 aromatic carbocycles. The molecule has 2 rings (SSSR count). The maximum atomic E-state index is 12.8. The van der Waals surface area contributed by atoms with E-state index in [2.05, 4.69) is 5.09 Å². The number of alkyl halides is 1. The van der Waals surface area contributed by atoms with E-state index >= 15 is 0 Å². The summed E-state index contributed by atoms with van der Waals surface area (Å²) in [4.78, 5) is 0. The summed E-state index contributed by atoms with van der Waals surface area (Å²) in [5.41, 5.74) is 1.03. The van der Waals surface area contributed by atoms with Gasteiger partial charge in [0.1, 0.15) is 5.75 Å². The number of methoxy groups -OCH3 is 1. The van der Waals surface area contributed by atoms with Crippen LogP contribution in [0.25, 0.3) is 0 Å². The Morgan fingerprint density at radius 2 is 2.20 bits per heavy atom. The number of rotatable bonds is 6. The van der Waals surface area contributed by atoms with Gasteiger partial charge in [0.25, 0.3) is 0 Å². The van der Waals surface area contributed by atoms with E-state index in [9.17, 15) is 4.57 Å². The molecule has 1 saturated heterocycles. The molecule has 0 radical (unpaired) electrons. The third kappa shape index (κ3) is 3.96. The van der Waals surface area contributed by atoms with Gasteiger partial charge < -0.3 is 9.26 Å². The van der Waals surface area contributed by atoms with Crippen LogP contribution in [0.3, 0.4) is 0 Å². The summed E-state index contributed by atoms with van der Waals surface area (Å²) in [5.74, 6) is 1.25. The molecule has 1 atom stereocenters. The predicted molar refractivity (Wildman–Crippen MR) is 80.3 cm³/mol. The fourth-order valence-electron chi connectivity index (χ4n) is 2.07. The van der Waals surface area contributed by atoms with Gasteiger partial charge in [-0.1, -0.05) is 12.1 Å². The van der Waals surface area contributed by atoms with Gasteiger partial charge >= 0.3 is 7.67 Å². The van der Waals surface area contributed by atoms with E-state index in [1.165, 1.54) is 0 Å². The van der Waals surface area contributed by atoms with Crippen molar-refractivity contribution < 1.29 is 13.8 Å². The second kappa shape index (κ2) is 7.43. The minimum atomic E-state index is -2.96. The normalized spacial score (nSPS) is 23.7. The number of nitrogens with one attached hydrogen (secondary N) is 1. The SMILES string of the molecule is COc1ccc(CNP2(=O)OCCCN2CCCl)cc1. The smallest absolute Gasteiger partial charge is 0.343 e. The van der Waals surface area contributed by atoms with Crippen molar-refractivity contribution in [3.8, 4) is 5.75 Å². The average molecular weight is 319 g/mol. The van der Waals surface area contributed by atoms with Crippen LogP contribution in [0.4, 0.5) is 0 Å². The highest BCUT2D eigenvalue weighted by molar-refractivity contribution is 7.54. The van der Waals surface area contributed by atoms with E-state index in [1.54, 1.807) is 7.11 Å². The van der Waals surface area contributed by atoms with Crippen LogP contribution in [-0.4, -0.2) is 37.4 Å². The van der Waals surface area contributed by atoms with Gasteiger partial charge in [-0.2, -0.15) is 0 Å². The van der Waals surface area contributed by atoms with Gasteiger partial charge in [0.15, 0.2) is 0 Å². The van der Waals surface area contributed by atoms with Gasteiger partial charge in [0.05, 0.1) is 13.7 Å². The van der Waals surface area contributed by atoms with E-state index < -0.39 is 7.67 Å². The average Bonchev–Trinajstić information content (AvgIpc) is 2.49. The molecule has 1 aromatic rings. The van der Waals surface area contributed by atoms with Crippen molar-refractivity contribution in [1.82, 2.24) is 9.76 Å². The van der Waals surface area contributed by atoms with Gasteiger partial charge in [-0.05, 0) is 24.1 Å². The Hall–Kier alpha value is -0.580. The maximum absolute atomic E-state index is 12.8. The Morgan fingerprint density at radius 3 is 2.85 bits per heavy atom. The summed E-state index contributed by atoms with van der Waals surface area (Å²) in [6.45, 7) is 2.32. The van der Waals surface area contributed by atoms with Crippen molar-refractivity contribution in [2.24, 2.45) is 0 Å². The van der Waals surface area contributed by atoms with E-state index in [4.69, 9.17) is 20.9 Å². The molecule has 5 nitrogen and oxygen atoms in total. The molecule has 1 fully saturated rings. The first kappa shape index (κ1) is 15.8. The zero-order valence-electron chi connectivity index (χ0n) is 11.5. The fraction of sp³-hybridized carbons (Fsp3) is 0.538. The summed E-state index contributed by atoms with van der Waals surface area (Å²) < 4.78 is 25.2. The molecule has 1 heterocycles. The quantitative estimate of drug-likeness (QED) is 0.645. The maximum Gasteiger partial charge on any atom is 0.343 e. The number of halogens is 1. The third-order valence-electron chi connectivity index (χ3n) is 3.18. The van der Waals surface area contributed by atoms with E-state index in [0.29, 0.717) is 25.6 Å². The van der Waals surface area contributed by atoms with Crippen molar-refractivity contribution >= 4 is 19.3 Å². The number of ether oxygens (including phenoxy) is 1. The van der Waals surface area contributed by atoms with E-state index in [1.807, 2.05) is 28.9 Å². The Labute approximate surface area is 124 Å². The summed E-state index contributed by atoms with van der Waals surface area (Å²) >= 11 is 5.75. The molecule has 1 unspecified atom stereocenters. The Morgan fingerprint density at radius 1 is 1.45 bits per heavy atom. The van der Waals surface area contributed by atoms with Gasteiger partial charge in [0.2, 0.25) is 0 Å². The lowest BCUT2D eigenvalue weighted by atomic mass is 10.2. The van der Waals surface area contributed by atoms with Gasteiger partial charge in [-0.25, -0.2) is 9.76 Å². The predicted octanol–water partition coefficient (Wildman–Crippen LogP) is 2.85. The Kier molecular flexibility index (Phi) is 5.87. The Bertz CT molecular complexity index is 467. The largest absolute Gasteiger partial charge is 0.497 e. The lowest BCUT2D eigenvalue weighted by Gasteiger charge is -2.34. The van der Waals surface area contributed by atoms with Gasteiger partial charge in [0, 0.05) is 25.5 Å². The molecule has 0 saturated carbocycles. The molecule has 112 valence electrons. The highest BCUT2D eigenvalue weighted by Gasteiger charge is 2.34. The second-order valence-electron chi connectivity index (χ2n) is 4.53. The van der Waals surface area contributed by atoms with Crippen molar-refractivity contribution in [3.63, 3.8) is 0 Å². The zero-order valence-corrected chi connectivity index (χ0v) is 13.2. The lowest BCUT2D eigenvalue weighted by molar-refractivity contribution is 0.203. The molecular formula is C13H20ClN2O3P. The monoisotopic (exact) mass is 318 g/mol. The van der Waals surface area contributed by atoms with Crippen molar-refractivity contribution in [3.05, 3.63) is 29.8 Å². The Balaban J connectivity index is 1.97. The summed E-state index contributed by atoms with van der Waals surface area (Å²) in [7, 11) is -1.33. The van der Waals surface area contributed by atoms with Crippen LogP contribution in [0.15, 0.2) is 24.3 Å². The standard InChI is InChI=1S/C13H20ClN2O3P/c1-18-13-5-3-12(4-6-13)11-15-20(17)16(9-7-14)8-2-10-19-20/h3-6H,2,7-11H2,1H3,(H,15,17). The van der Waals surface area contributed by atoms with Crippen LogP contribution < -0.4 is 9.82 Å². The first-order chi connectivity index (χ1) is 9.68. The summed E-state index contributed by atoms with van der Waals surface area (Å²) in [6.07, 6.45) is 0.880. The molecule has 20 heavy (non-hydrogen) atoms. The van der Waals surface area contributed by atoms with E-state index in [0.717, 1.165) is 24.3 Å². The second-order valence-corrected chi connectivity index (χ2v) is 7.09. The van der Waals surface area contributed by atoms with Crippen molar-refractivity contribution in [2.75, 3.05) is 32.7 Å². The zero-order chi connectivity index (χ0) is 14.4. The minimum Gasteiger partial charge on any atom is -0.497 e. The third-order valence-corrected chi connectivity index (χ3v) is 5.59. The van der Waals surface area contributed by atoms with Crippen LogP contribution in [0.5, 0.6) is 5.75 Å². The van der Waals surface area contributed by atoms with E-state index in [-0.39, 0.29) is 0 Å². The highest BCUT2D eigenvalue weighted by atomic mass is 35.5. The van der Waals surface area contributed by atoms with Gasteiger partial charge in [-0.3, -0.25) is 4.57 Å². The van der Waals surface area contributed by atoms with Gasteiger partial charge in [-0.15, -0.1) is 11.6 Å². The number of hydrogen-bond donors (Lipinski definition) is 1. The molecule has 1 aliphatic rings. The topological polar surface area (TPSA) is 50.8 Å². The molecule has 0 aliphatic carbocycles. The van der Waals surface area contributed by atoms with Crippen LogP contribution in [0.2, 0.25) is 0 Å². The van der Waals surface area contributed by atoms with Crippen LogP contribution >= 0.6 is 19.3 Å². The molecule has 0 aromatic heterocycles. The molecule has 0 spiro atoms. The number of nitrogens with zero attached hydrogens (tertiary/aromatic N) is 1. The first-order valence-electron chi connectivity index (χ1n) is 6.62. The highest BCUT2D eigenvalue weighted by Crippen LogP contribution is 2.49. The number of hydrogen-bond acceptors (Lipinski definition) is 3. The number of benzene rings is 1. The molecule has 0 bridgehead atoms. The van der Waals surface area contributed by atoms with Crippen molar-refractivity contribution in [2.45, 2.75) is 13.0 Å². The summed E-state index contributed by atoms with van der Waals surface area (Å²) in [6, 6.07) is 7.64. The van der Waals surface area contributed by atoms with Crippen molar-refractivity contribution in [1.29, 1.82) is 0 Å². The molecular weight excluding hydrogens is 299 g/mol. The van der Waals surface area contributed by atoms with Crippen LogP contribution in [0.1, 0.15) is 12.0 Å². The minimum absolute atomic E-state index is 0.442. The first-order valence-corrected chi connectivity index (χ1v) is 8.73. The van der Waals surface area contributed by atoms with Crippen LogP contribution in [-0.2, 0) is 15.6 Å². The summed E-state index contributed by atoms with van der Waals surface area (Å²) in [5, 5.41) is 3.05. The fourth-order valence-corrected chi connectivity index (χ4v) is 4.37. The molecule has 0 amide bonds. The molecule has 1 N–H and O–H groups in total. The molecule has 1 aliphatic heterocycles. The van der Waals surface area contributed by atoms with Crippen LogP contribution in [0, 0.1) is 0 Å². The lowest BCUT2D eigenvalue weighted by Crippen LogP contribution is -2.35. The molecule has 7 heteroatoms.